The summed E-state index contributed by atoms with van der Waals surface area (Å²) in [6.45, 7) is 16.7. The maximum atomic E-state index is 13.7. The molecular formula is C33H46N4O2. The quantitative estimate of drug-likeness (QED) is 0.328. The average Bonchev–Trinajstić information content (AvgIpc) is 3.38. The molecule has 6 nitrogen and oxygen atoms in total. The van der Waals surface area contributed by atoms with E-state index >= 15 is 0 Å². The van der Waals surface area contributed by atoms with Gasteiger partial charge in [-0.05, 0) is 44.0 Å². The normalized spacial score (nSPS) is 16.0. The number of para-hydroxylation sites is 1. The summed E-state index contributed by atoms with van der Waals surface area (Å²) in [6, 6.07) is 15.4. The van der Waals surface area contributed by atoms with E-state index in [9.17, 15) is 9.90 Å². The first-order chi connectivity index (χ1) is 19.0. The maximum absolute atomic E-state index is 13.7. The number of amides is 1. The van der Waals surface area contributed by atoms with E-state index in [0.29, 0.717) is 19.5 Å². The van der Waals surface area contributed by atoms with E-state index in [-0.39, 0.29) is 17.7 Å². The molecule has 6 heteroatoms. The molecule has 1 aromatic heterocycles. The van der Waals surface area contributed by atoms with Gasteiger partial charge in [0.1, 0.15) is 5.75 Å². The Morgan fingerprint density at radius 2 is 1.79 bits per heavy atom. The van der Waals surface area contributed by atoms with Crippen LogP contribution in [0.15, 0.2) is 85.0 Å². The van der Waals surface area contributed by atoms with Crippen molar-refractivity contribution in [3.8, 4) is 5.75 Å². The summed E-state index contributed by atoms with van der Waals surface area (Å²) in [5.41, 5.74) is 5.23. The van der Waals surface area contributed by atoms with Crippen molar-refractivity contribution in [1.82, 2.24) is 19.4 Å². The minimum Gasteiger partial charge on any atom is -0.508 e. The predicted molar refractivity (Wildman–Crippen MR) is 161 cm³/mol. The van der Waals surface area contributed by atoms with Gasteiger partial charge in [-0.15, -0.1) is 0 Å². The van der Waals surface area contributed by atoms with Crippen molar-refractivity contribution in [2.45, 2.75) is 74.0 Å². The third-order valence-electron chi connectivity index (χ3n) is 6.56. The molecule has 1 atom stereocenters. The van der Waals surface area contributed by atoms with E-state index in [1.54, 1.807) is 12.1 Å². The van der Waals surface area contributed by atoms with E-state index in [0.717, 1.165) is 30.0 Å². The lowest BCUT2D eigenvalue weighted by Crippen LogP contribution is -2.56. The number of aryl methyl sites for hydroxylation is 1. The van der Waals surface area contributed by atoms with Crippen LogP contribution in [0.3, 0.4) is 0 Å². The number of rotatable bonds is 8. The lowest BCUT2D eigenvalue weighted by molar-refractivity contribution is -0.139. The zero-order valence-corrected chi connectivity index (χ0v) is 24.8. The van der Waals surface area contributed by atoms with Crippen LogP contribution in [-0.4, -0.2) is 49.5 Å². The molecule has 1 aliphatic rings. The van der Waals surface area contributed by atoms with E-state index < -0.39 is 0 Å². The van der Waals surface area contributed by atoms with Gasteiger partial charge in [0.15, 0.2) is 0 Å². The number of hydrogen-bond acceptors (Lipinski definition) is 4. The summed E-state index contributed by atoms with van der Waals surface area (Å²) in [5, 5.41) is 10.4. The van der Waals surface area contributed by atoms with Gasteiger partial charge >= 0.3 is 0 Å². The molecule has 0 bridgehead atoms. The fourth-order valence-electron chi connectivity index (χ4n) is 4.64. The average molecular weight is 531 g/mol. The van der Waals surface area contributed by atoms with Gasteiger partial charge in [0, 0.05) is 44.5 Å². The van der Waals surface area contributed by atoms with Gasteiger partial charge in [0.05, 0.1) is 18.1 Å². The molecule has 210 valence electrons. The minimum absolute atomic E-state index is 0.0579. The number of nitrogens with zero attached hydrogens (tertiary/aromatic N) is 4. The number of phenols is 1. The number of benzene rings is 2. The first-order valence-electron chi connectivity index (χ1n) is 14.1. The summed E-state index contributed by atoms with van der Waals surface area (Å²) in [7, 11) is 0. The van der Waals surface area contributed by atoms with E-state index in [2.05, 4.69) is 45.6 Å². The van der Waals surface area contributed by atoms with Crippen molar-refractivity contribution in [3.63, 3.8) is 0 Å². The molecule has 2 aromatic carbocycles. The zero-order valence-electron chi connectivity index (χ0n) is 24.8. The Bertz CT molecular complexity index is 1230. The third kappa shape index (κ3) is 8.69. The maximum Gasteiger partial charge on any atom is 0.244 e. The monoisotopic (exact) mass is 530 g/mol. The Hall–Kier alpha value is -3.64. The van der Waals surface area contributed by atoms with Crippen LogP contribution in [0.25, 0.3) is 0 Å². The molecule has 39 heavy (non-hydrogen) atoms. The molecule has 0 aliphatic carbocycles. The van der Waals surface area contributed by atoms with Crippen LogP contribution in [0.1, 0.15) is 63.9 Å². The summed E-state index contributed by atoms with van der Waals surface area (Å²) in [4.78, 5) is 22.2. The molecule has 0 spiro atoms. The lowest BCUT2D eigenvalue weighted by Gasteiger charge is -2.41. The number of aromatic hydroxyl groups is 1. The smallest absolute Gasteiger partial charge is 0.244 e. The fraction of sp³-hybridized carbons (Fsp3) is 0.394. The number of carbonyl (C=O) groups excluding carboxylic acids is 1. The second-order valence-electron chi connectivity index (χ2n) is 9.14. The van der Waals surface area contributed by atoms with E-state index in [4.69, 9.17) is 0 Å². The Kier molecular flexibility index (Phi) is 13.2. The van der Waals surface area contributed by atoms with Crippen LogP contribution in [0.2, 0.25) is 0 Å². The van der Waals surface area contributed by atoms with Crippen molar-refractivity contribution in [2.24, 2.45) is 0 Å². The molecule has 1 saturated heterocycles. The molecule has 4 rings (SSSR count). The second-order valence-corrected chi connectivity index (χ2v) is 9.14. The zero-order chi connectivity index (χ0) is 28.8. The van der Waals surface area contributed by atoms with Crippen LogP contribution in [0.4, 0.5) is 0 Å². The highest BCUT2D eigenvalue weighted by molar-refractivity contribution is 5.84. The highest BCUT2D eigenvalue weighted by Crippen LogP contribution is 2.25. The van der Waals surface area contributed by atoms with E-state index in [1.165, 1.54) is 11.1 Å². The Balaban J connectivity index is 0.00000127. The molecule has 1 N–H and O–H groups in total. The molecule has 3 aromatic rings. The van der Waals surface area contributed by atoms with Gasteiger partial charge in [-0.25, -0.2) is 4.98 Å². The Morgan fingerprint density at radius 1 is 1.05 bits per heavy atom. The number of hydrogen-bond donors (Lipinski definition) is 1. The highest BCUT2D eigenvalue weighted by Gasteiger charge is 2.36. The molecule has 0 radical (unpaired) electrons. The summed E-state index contributed by atoms with van der Waals surface area (Å²) < 4.78 is 2.15. The summed E-state index contributed by atoms with van der Waals surface area (Å²) in [6.07, 6.45) is 10.1. The number of imidazole rings is 1. The fourth-order valence-corrected chi connectivity index (χ4v) is 4.64. The first-order valence-corrected chi connectivity index (χ1v) is 14.1. The number of piperazine rings is 1. The van der Waals surface area contributed by atoms with Gasteiger partial charge in [-0.1, -0.05) is 87.9 Å². The van der Waals surface area contributed by atoms with Crippen LogP contribution >= 0.6 is 0 Å². The Labute approximate surface area is 235 Å². The minimum atomic E-state index is -0.381. The number of aromatic nitrogens is 2. The van der Waals surface area contributed by atoms with Crippen molar-refractivity contribution in [1.29, 1.82) is 0 Å². The first kappa shape index (κ1) is 31.6. The topological polar surface area (TPSA) is 61.6 Å². The standard InChI is InChI=1S/C29H34N4O2.2C2H6/c1-4-5-10-23(3)33-15-14-31(27(29(33)35)17-25-12-6-7-13-28(25)34)20-26-18-30-21-32(26)19-24-11-8-9-22(2)16-24;2*1-2/h4-13,16,18,21,27,34H,14-15,17,19-20H2,1-3H3;2*1-2H3/b5-4-,23-10+;;. The van der Waals surface area contributed by atoms with Crippen molar-refractivity contribution >= 4 is 5.91 Å². The number of allylic oxidation sites excluding steroid dienone is 4. The molecule has 1 amide bonds. The molecular weight excluding hydrogens is 484 g/mol. The second kappa shape index (κ2) is 16.4. The van der Waals surface area contributed by atoms with Gasteiger partial charge in [0.25, 0.3) is 0 Å². The molecule has 1 aliphatic heterocycles. The van der Waals surface area contributed by atoms with Gasteiger partial charge in [-0.3, -0.25) is 9.69 Å². The van der Waals surface area contributed by atoms with Crippen LogP contribution < -0.4 is 0 Å². The van der Waals surface area contributed by atoms with E-state index in [1.807, 2.05) is 89.3 Å². The molecule has 1 fully saturated rings. The van der Waals surface area contributed by atoms with Crippen LogP contribution in [0, 0.1) is 6.92 Å². The SMILES string of the molecule is C/C=C\C=C(/C)N1CCN(Cc2cncn2Cc2cccc(C)c2)C(Cc2ccccc2O)C1=O.CC.CC. The van der Waals surface area contributed by atoms with Gasteiger partial charge in [-0.2, -0.15) is 0 Å². The van der Waals surface area contributed by atoms with Gasteiger partial charge in [0.2, 0.25) is 5.91 Å². The van der Waals surface area contributed by atoms with Crippen LogP contribution in [-0.2, 0) is 24.3 Å². The largest absolute Gasteiger partial charge is 0.508 e. The summed E-state index contributed by atoms with van der Waals surface area (Å²) in [5.74, 6) is 0.283. The van der Waals surface area contributed by atoms with Crippen molar-refractivity contribution < 1.29 is 9.90 Å². The molecule has 0 saturated carbocycles. The lowest BCUT2D eigenvalue weighted by atomic mass is 9.99. The highest BCUT2D eigenvalue weighted by atomic mass is 16.3. The van der Waals surface area contributed by atoms with Crippen LogP contribution in [0.5, 0.6) is 5.75 Å². The molecule has 2 heterocycles. The van der Waals surface area contributed by atoms with Gasteiger partial charge < -0.3 is 14.6 Å². The number of phenolic OH excluding ortho intramolecular Hbond substituents is 1. The van der Waals surface area contributed by atoms with Crippen molar-refractivity contribution in [3.05, 3.63) is 107 Å². The molecule has 1 unspecified atom stereocenters. The Morgan fingerprint density at radius 3 is 2.49 bits per heavy atom. The summed E-state index contributed by atoms with van der Waals surface area (Å²) >= 11 is 0. The van der Waals surface area contributed by atoms with Crippen molar-refractivity contribution in [2.75, 3.05) is 13.1 Å². The predicted octanol–water partition coefficient (Wildman–Crippen LogP) is 6.73. The third-order valence-corrected chi connectivity index (χ3v) is 6.56. The number of carbonyl (C=O) groups is 1.